The van der Waals surface area contributed by atoms with Crippen LogP contribution < -0.4 is 10.1 Å². The van der Waals surface area contributed by atoms with Gasteiger partial charge in [0.25, 0.3) is 0 Å². The minimum atomic E-state index is -5.08. The number of carbonyl (C=O) groups is 2. The van der Waals surface area contributed by atoms with Crippen molar-refractivity contribution in [2.24, 2.45) is 11.8 Å². The molecule has 3 atom stereocenters. The Morgan fingerprint density at radius 3 is 2.49 bits per heavy atom. The van der Waals surface area contributed by atoms with Crippen LogP contribution in [-0.4, -0.2) is 42.6 Å². The molecule has 4 aliphatic rings. The van der Waals surface area contributed by atoms with Crippen LogP contribution in [-0.2, 0) is 26.2 Å². The van der Waals surface area contributed by atoms with Gasteiger partial charge in [0.2, 0.25) is 6.79 Å². The molecule has 6 nitrogen and oxygen atoms in total. The number of ether oxygens (including phenoxy) is 2. The maximum Gasteiger partial charge on any atom is 0.490 e. The second-order valence-electron chi connectivity index (χ2n) is 10.2. The fourth-order valence-electron chi connectivity index (χ4n) is 6.60. The van der Waals surface area contributed by atoms with Crippen LogP contribution in [0.15, 0.2) is 18.2 Å². The lowest BCUT2D eigenvalue weighted by atomic mass is 9.53. The van der Waals surface area contributed by atoms with E-state index in [9.17, 15) is 18.0 Å². The number of carboxylic acid groups (broad SMARTS) is 1. The molecule has 35 heavy (non-hydrogen) atoms. The molecule has 2 saturated carbocycles. The van der Waals surface area contributed by atoms with Gasteiger partial charge in [0.15, 0.2) is 0 Å². The van der Waals surface area contributed by atoms with Crippen molar-refractivity contribution in [2.75, 3.05) is 13.3 Å². The summed E-state index contributed by atoms with van der Waals surface area (Å²) in [5.41, 5.74) is 3.34. The molecule has 3 fully saturated rings. The highest BCUT2D eigenvalue weighted by atomic mass is 19.4. The molecule has 0 unspecified atom stereocenters. The predicted molar refractivity (Wildman–Crippen MR) is 122 cm³/mol. The average Bonchev–Trinajstić information content (AvgIpc) is 2.84. The van der Waals surface area contributed by atoms with Crippen molar-refractivity contribution in [1.29, 1.82) is 0 Å². The van der Waals surface area contributed by atoms with Crippen molar-refractivity contribution < 1.29 is 37.3 Å². The Morgan fingerprint density at radius 1 is 1.06 bits per heavy atom. The van der Waals surface area contributed by atoms with Gasteiger partial charge < -0.3 is 19.9 Å². The summed E-state index contributed by atoms with van der Waals surface area (Å²) in [7, 11) is 0. The number of fused-ring (bicyclic) bond motifs is 1. The summed E-state index contributed by atoms with van der Waals surface area (Å²) in [5, 5.41) is 10.9. The number of halogens is 3. The van der Waals surface area contributed by atoms with Crippen LogP contribution in [0.4, 0.5) is 13.2 Å². The second-order valence-corrected chi connectivity index (χ2v) is 10.2. The Bertz CT molecular complexity index is 911. The maximum atomic E-state index is 12.2. The lowest BCUT2D eigenvalue weighted by Crippen LogP contribution is -2.59. The molecule has 0 spiro atoms. The Labute approximate surface area is 203 Å². The molecule has 194 valence electrons. The van der Waals surface area contributed by atoms with E-state index in [2.05, 4.69) is 23.5 Å². The Kier molecular flexibility index (Phi) is 7.93. The molecule has 1 aromatic rings. The van der Waals surface area contributed by atoms with Gasteiger partial charge in [-0.1, -0.05) is 38.2 Å². The fourth-order valence-corrected chi connectivity index (χ4v) is 6.60. The standard InChI is InChI=1S/C24H33NO3.C2HF3O2/c26-23(17-6-2-1-3-7-17)28-16-27-19-10-9-18-14-22-20-8-4-5-11-24(20,12-13-25-22)21(18)15-19;3-2(4,5)1(6)7/h9-10,15,17,20,22,25H,1-8,11-14,16H2;(H,6,7)/t20-,22-,24+;/m1./s1. The summed E-state index contributed by atoms with van der Waals surface area (Å²) in [6.45, 7) is 1.17. The van der Waals surface area contributed by atoms with E-state index in [0.29, 0.717) is 11.5 Å². The van der Waals surface area contributed by atoms with Crippen LogP contribution in [0, 0.1) is 11.8 Å². The number of nitrogens with one attached hydrogen (secondary N) is 1. The molecular formula is C26H34F3NO5. The third-order valence-electron chi connectivity index (χ3n) is 8.23. The molecule has 3 aliphatic carbocycles. The zero-order valence-corrected chi connectivity index (χ0v) is 19.9. The van der Waals surface area contributed by atoms with E-state index in [1.54, 1.807) is 0 Å². The number of aliphatic carboxylic acids is 1. The highest BCUT2D eigenvalue weighted by Crippen LogP contribution is 2.54. The number of carboxylic acids is 1. The summed E-state index contributed by atoms with van der Waals surface area (Å²) < 4.78 is 43.1. The monoisotopic (exact) mass is 497 g/mol. The van der Waals surface area contributed by atoms with E-state index in [0.717, 1.165) is 50.3 Å². The van der Waals surface area contributed by atoms with E-state index < -0.39 is 12.1 Å². The van der Waals surface area contributed by atoms with Crippen molar-refractivity contribution in [1.82, 2.24) is 5.32 Å². The van der Waals surface area contributed by atoms with E-state index >= 15 is 0 Å². The number of hydrogen-bond donors (Lipinski definition) is 2. The molecule has 2 bridgehead atoms. The Hall–Kier alpha value is -2.29. The molecule has 1 heterocycles. The topological polar surface area (TPSA) is 84.9 Å². The number of hydrogen-bond acceptors (Lipinski definition) is 5. The second kappa shape index (κ2) is 10.8. The predicted octanol–water partition coefficient (Wildman–Crippen LogP) is 5.13. The van der Waals surface area contributed by atoms with Crippen LogP contribution in [0.25, 0.3) is 0 Å². The minimum absolute atomic E-state index is 0.0364. The third kappa shape index (κ3) is 5.76. The molecule has 0 amide bonds. The number of rotatable bonds is 4. The quantitative estimate of drug-likeness (QED) is 0.444. The van der Waals surface area contributed by atoms with Gasteiger partial charge in [-0.25, -0.2) is 4.79 Å². The number of piperidine rings is 1. The summed E-state index contributed by atoms with van der Waals surface area (Å²) >= 11 is 0. The first-order chi connectivity index (χ1) is 16.7. The van der Waals surface area contributed by atoms with Crippen LogP contribution in [0.2, 0.25) is 0 Å². The Balaban J connectivity index is 0.000000364. The zero-order valence-electron chi connectivity index (χ0n) is 19.9. The molecule has 2 N–H and O–H groups in total. The van der Waals surface area contributed by atoms with E-state index in [1.165, 1.54) is 49.7 Å². The number of carbonyl (C=O) groups excluding carboxylic acids is 1. The minimum Gasteiger partial charge on any atom is -0.475 e. The first kappa shape index (κ1) is 25.8. The molecule has 0 aromatic heterocycles. The van der Waals surface area contributed by atoms with Gasteiger partial charge in [-0.15, -0.1) is 0 Å². The molecule has 1 aliphatic heterocycles. The fraction of sp³-hybridized carbons (Fsp3) is 0.692. The van der Waals surface area contributed by atoms with Crippen LogP contribution in [0.5, 0.6) is 5.75 Å². The van der Waals surface area contributed by atoms with Gasteiger partial charge >= 0.3 is 18.1 Å². The zero-order chi connectivity index (χ0) is 25.1. The molecule has 0 radical (unpaired) electrons. The SMILES string of the molecule is O=C(O)C(F)(F)F.O=C(OCOc1ccc2c(c1)[C@]13CCCC[C@@H]1[C@@H](C2)NCC3)C1CCCCC1. The first-order valence-electron chi connectivity index (χ1n) is 12.7. The number of esters is 1. The highest BCUT2D eigenvalue weighted by Gasteiger charge is 2.51. The lowest BCUT2D eigenvalue weighted by molar-refractivity contribution is -0.192. The normalized spacial score (nSPS) is 28.0. The molecule has 9 heteroatoms. The lowest BCUT2D eigenvalue weighted by Gasteiger charge is -2.56. The van der Waals surface area contributed by atoms with Crippen molar-refractivity contribution >= 4 is 11.9 Å². The third-order valence-corrected chi connectivity index (χ3v) is 8.23. The summed E-state index contributed by atoms with van der Waals surface area (Å²) in [5.74, 6) is -1.14. The first-order valence-corrected chi connectivity index (χ1v) is 12.7. The molecule has 1 saturated heterocycles. The van der Waals surface area contributed by atoms with Crippen LogP contribution in [0.1, 0.15) is 75.3 Å². The molecule has 1 aromatic carbocycles. The number of benzene rings is 1. The van der Waals surface area contributed by atoms with Crippen molar-refractivity contribution in [3.05, 3.63) is 29.3 Å². The molecular weight excluding hydrogens is 463 g/mol. The van der Waals surface area contributed by atoms with Crippen molar-refractivity contribution in [3.63, 3.8) is 0 Å². The number of alkyl halides is 3. The summed E-state index contributed by atoms with van der Waals surface area (Å²) in [4.78, 5) is 21.1. The average molecular weight is 498 g/mol. The van der Waals surface area contributed by atoms with Gasteiger partial charge in [-0.2, -0.15) is 13.2 Å². The highest BCUT2D eigenvalue weighted by molar-refractivity contribution is 5.73. The van der Waals surface area contributed by atoms with E-state index in [4.69, 9.17) is 19.4 Å². The van der Waals surface area contributed by atoms with Crippen molar-refractivity contribution in [2.45, 2.75) is 88.3 Å². The van der Waals surface area contributed by atoms with Gasteiger partial charge in [0.1, 0.15) is 5.75 Å². The summed E-state index contributed by atoms with van der Waals surface area (Å²) in [6.07, 6.45) is 8.13. The van der Waals surface area contributed by atoms with Gasteiger partial charge in [-0.05, 0) is 74.2 Å². The maximum absolute atomic E-state index is 12.2. The summed E-state index contributed by atoms with van der Waals surface area (Å²) in [6, 6.07) is 7.22. The van der Waals surface area contributed by atoms with Gasteiger partial charge in [0, 0.05) is 11.5 Å². The van der Waals surface area contributed by atoms with Gasteiger partial charge in [0.05, 0.1) is 5.92 Å². The van der Waals surface area contributed by atoms with E-state index in [1.807, 2.05) is 0 Å². The van der Waals surface area contributed by atoms with Crippen LogP contribution in [0.3, 0.4) is 0 Å². The van der Waals surface area contributed by atoms with E-state index in [-0.39, 0.29) is 18.7 Å². The molecule has 5 rings (SSSR count). The van der Waals surface area contributed by atoms with Gasteiger partial charge in [-0.3, -0.25) is 4.79 Å². The smallest absolute Gasteiger partial charge is 0.475 e. The van der Waals surface area contributed by atoms with Crippen LogP contribution >= 0.6 is 0 Å². The Morgan fingerprint density at radius 2 is 1.77 bits per heavy atom. The van der Waals surface area contributed by atoms with Crippen molar-refractivity contribution in [3.8, 4) is 5.75 Å². The largest absolute Gasteiger partial charge is 0.490 e.